The van der Waals surface area contributed by atoms with Crippen LogP contribution < -0.4 is 0 Å². The van der Waals surface area contributed by atoms with E-state index >= 15 is 0 Å². The van der Waals surface area contributed by atoms with Gasteiger partial charge in [-0.3, -0.25) is 0 Å². The van der Waals surface area contributed by atoms with Crippen LogP contribution in [-0.2, 0) is 9.47 Å². The highest BCUT2D eigenvalue weighted by Crippen LogP contribution is 2.32. The van der Waals surface area contributed by atoms with E-state index < -0.39 is 30.8 Å². The van der Waals surface area contributed by atoms with Crippen LogP contribution in [-0.4, -0.2) is 47.6 Å². The molecular formula is C8H13F3O4. The Labute approximate surface area is 84.6 Å². The zero-order valence-corrected chi connectivity index (χ0v) is 8.07. The summed E-state index contributed by atoms with van der Waals surface area (Å²) in [5.41, 5.74) is 0. The van der Waals surface area contributed by atoms with E-state index in [9.17, 15) is 18.3 Å². The van der Waals surface area contributed by atoms with Gasteiger partial charge in [-0.1, -0.05) is 0 Å². The van der Waals surface area contributed by atoms with E-state index in [1.54, 1.807) is 6.92 Å². The zero-order valence-electron chi connectivity index (χ0n) is 8.07. The van der Waals surface area contributed by atoms with Crippen LogP contribution in [0.3, 0.4) is 0 Å². The first-order chi connectivity index (χ1) is 6.86. The highest BCUT2D eigenvalue weighted by atomic mass is 19.4. The average molecular weight is 230 g/mol. The third-order valence-corrected chi connectivity index (χ3v) is 2.11. The first kappa shape index (κ1) is 12.7. The van der Waals surface area contributed by atoms with Gasteiger partial charge in [0, 0.05) is 13.0 Å². The minimum Gasteiger partial charge on any atom is -0.390 e. The zero-order chi connectivity index (χ0) is 11.6. The number of aliphatic hydroxyl groups is 2. The monoisotopic (exact) mass is 230 g/mol. The fourth-order valence-corrected chi connectivity index (χ4v) is 1.40. The minimum atomic E-state index is -4.71. The maximum absolute atomic E-state index is 12.3. The van der Waals surface area contributed by atoms with Crippen molar-refractivity contribution in [2.75, 3.05) is 6.61 Å². The van der Waals surface area contributed by atoms with Gasteiger partial charge in [-0.25, -0.2) is 0 Å². The summed E-state index contributed by atoms with van der Waals surface area (Å²) in [6, 6.07) is 0. The molecule has 2 N–H and O–H groups in total. The number of ether oxygens (including phenoxy) is 2. The highest BCUT2D eigenvalue weighted by molar-refractivity contribution is 4.87. The second kappa shape index (κ2) is 4.65. The lowest BCUT2D eigenvalue weighted by Crippen LogP contribution is -2.55. The Balaban J connectivity index is 2.68. The van der Waals surface area contributed by atoms with Gasteiger partial charge < -0.3 is 19.7 Å². The molecule has 0 bridgehead atoms. The van der Waals surface area contributed by atoms with Gasteiger partial charge in [-0.05, 0) is 6.92 Å². The summed E-state index contributed by atoms with van der Waals surface area (Å²) in [7, 11) is 0. The van der Waals surface area contributed by atoms with E-state index in [0.29, 0.717) is 0 Å². The molecule has 1 aliphatic heterocycles. The number of hydrogen-bond acceptors (Lipinski definition) is 4. The predicted octanol–water partition coefficient (Wildman–Crippen LogP) is 0.422. The van der Waals surface area contributed by atoms with E-state index in [1.807, 2.05) is 0 Å². The van der Waals surface area contributed by atoms with Crippen molar-refractivity contribution in [3.8, 4) is 0 Å². The van der Waals surface area contributed by atoms with E-state index in [4.69, 9.17) is 9.84 Å². The van der Waals surface area contributed by atoms with E-state index in [-0.39, 0.29) is 13.0 Å². The molecule has 0 saturated carbocycles. The van der Waals surface area contributed by atoms with Crippen LogP contribution in [0.2, 0.25) is 0 Å². The van der Waals surface area contributed by atoms with Crippen LogP contribution in [0.15, 0.2) is 0 Å². The Morgan fingerprint density at radius 2 is 2.00 bits per heavy atom. The lowest BCUT2D eigenvalue weighted by molar-refractivity contribution is -0.327. The molecule has 0 amide bonds. The van der Waals surface area contributed by atoms with Gasteiger partial charge in [-0.15, -0.1) is 0 Å². The summed E-state index contributed by atoms with van der Waals surface area (Å²) in [5.74, 6) is 0. The number of halogens is 3. The predicted molar refractivity (Wildman–Crippen MR) is 43.0 cm³/mol. The van der Waals surface area contributed by atoms with Gasteiger partial charge in [0.2, 0.25) is 0 Å². The van der Waals surface area contributed by atoms with Crippen molar-refractivity contribution in [3.63, 3.8) is 0 Å². The summed E-state index contributed by atoms with van der Waals surface area (Å²) < 4.78 is 46.3. The standard InChI is InChI=1S/C8H13F3O4/c1-2-14-5-3-4(12)6(13)7(15-5)8(9,10)11/h4-7,12-13H,2-3H2,1H3/t4-,5-,6+,7+/m0/s1. The Hall–Kier alpha value is -0.370. The van der Waals surface area contributed by atoms with Crippen LogP contribution in [0.25, 0.3) is 0 Å². The molecule has 0 aromatic rings. The lowest BCUT2D eigenvalue weighted by Gasteiger charge is -2.37. The van der Waals surface area contributed by atoms with Gasteiger partial charge in [0.1, 0.15) is 6.10 Å². The minimum absolute atomic E-state index is 0.165. The number of aliphatic hydroxyl groups excluding tert-OH is 2. The Morgan fingerprint density at radius 1 is 1.40 bits per heavy atom. The first-order valence-corrected chi connectivity index (χ1v) is 4.56. The molecule has 1 saturated heterocycles. The van der Waals surface area contributed by atoms with Crippen molar-refractivity contribution in [2.45, 2.75) is 44.1 Å². The molecule has 1 rings (SSSR count). The van der Waals surface area contributed by atoms with Crippen molar-refractivity contribution in [3.05, 3.63) is 0 Å². The van der Waals surface area contributed by atoms with Crippen LogP contribution >= 0.6 is 0 Å². The molecule has 1 heterocycles. The normalized spacial score (nSPS) is 38.0. The number of alkyl halides is 3. The first-order valence-electron chi connectivity index (χ1n) is 4.56. The molecule has 7 heteroatoms. The van der Waals surface area contributed by atoms with Crippen molar-refractivity contribution in [2.24, 2.45) is 0 Å². The Morgan fingerprint density at radius 3 is 2.47 bits per heavy atom. The van der Waals surface area contributed by atoms with Crippen molar-refractivity contribution in [1.29, 1.82) is 0 Å². The average Bonchev–Trinajstić information content (AvgIpc) is 2.09. The summed E-state index contributed by atoms with van der Waals surface area (Å²) in [4.78, 5) is 0. The number of hydrogen-bond donors (Lipinski definition) is 2. The maximum atomic E-state index is 12.3. The van der Waals surface area contributed by atoms with Gasteiger partial charge in [-0.2, -0.15) is 13.2 Å². The molecule has 0 aliphatic carbocycles. The Kier molecular flexibility index (Phi) is 3.93. The van der Waals surface area contributed by atoms with Gasteiger partial charge in [0.15, 0.2) is 12.4 Å². The lowest BCUT2D eigenvalue weighted by atomic mass is 10.0. The summed E-state index contributed by atoms with van der Waals surface area (Å²) in [5, 5.41) is 18.3. The molecule has 0 spiro atoms. The van der Waals surface area contributed by atoms with Gasteiger partial charge in [0.05, 0.1) is 6.10 Å². The summed E-state index contributed by atoms with van der Waals surface area (Å²) >= 11 is 0. The molecule has 0 unspecified atom stereocenters. The van der Waals surface area contributed by atoms with Gasteiger partial charge >= 0.3 is 6.18 Å². The largest absolute Gasteiger partial charge is 0.417 e. The molecule has 0 radical (unpaired) electrons. The highest BCUT2D eigenvalue weighted by Gasteiger charge is 2.52. The van der Waals surface area contributed by atoms with E-state index in [1.165, 1.54) is 0 Å². The molecule has 1 fully saturated rings. The SMILES string of the molecule is CCO[C@@H]1C[C@H](O)[C@@H](O)[C@H](C(F)(F)F)O1. The molecular weight excluding hydrogens is 217 g/mol. The molecule has 15 heavy (non-hydrogen) atoms. The van der Waals surface area contributed by atoms with Crippen LogP contribution in [0.4, 0.5) is 13.2 Å². The molecule has 0 aromatic carbocycles. The van der Waals surface area contributed by atoms with Crippen molar-refractivity contribution >= 4 is 0 Å². The Bertz CT molecular complexity index is 209. The third kappa shape index (κ3) is 3.04. The molecule has 4 atom stereocenters. The molecule has 90 valence electrons. The summed E-state index contributed by atoms with van der Waals surface area (Å²) in [6.45, 7) is 1.78. The fourth-order valence-electron chi connectivity index (χ4n) is 1.40. The third-order valence-electron chi connectivity index (χ3n) is 2.11. The smallest absolute Gasteiger partial charge is 0.390 e. The number of rotatable bonds is 2. The maximum Gasteiger partial charge on any atom is 0.417 e. The van der Waals surface area contributed by atoms with Crippen molar-refractivity contribution < 1.29 is 32.9 Å². The topological polar surface area (TPSA) is 58.9 Å². The molecule has 4 nitrogen and oxygen atoms in total. The van der Waals surface area contributed by atoms with E-state index in [0.717, 1.165) is 0 Å². The second-order valence-corrected chi connectivity index (χ2v) is 3.28. The summed E-state index contributed by atoms with van der Waals surface area (Å²) in [6.07, 6.45) is -11.8. The van der Waals surface area contributed by atoms with Gasteiger partial charge in [0.25, 0.3) is 0 Å². The van der Waals surface area contributed by atoms with Crippen LogP contribution in [0, 0.1) is 0 Å². The van der Waals surface area contributed by atoms with E-state index in [2.05, 4.69) is 4.74 Å². The van der Waals surface area contributed by atoms with Crippen LogP contribution in [0.1, 0.15) is 13.3 Å². The molecule has 1 aliphatic rings. The quantitative estimate of drug-likeness (QED) is 0.722. The molecule has 0 aromatic heterocycles. The second-order valence-electron chi connectivity index (χ2n) is 3.28. The fraction of sp³-hybridized carbons (Fsp3) is 1.00. The van der Waals surface area contributed by atoms with Crippen molar-refractivity contribution in [1.82, 2.24) is 0 Å². The van der Waals surface area contributed by atoms with Crippen LogP contribution in [0.5, 0.6) is 0 Å².